The number of aryl methyl sites for hydroxylation is 1. The van der Waals surface area contributed by atoms with E-state index in [1.807, 2.05) is 0 Å². The van der Waals surface area contributed by atoms with Crippen molar-refractivity contribution in [2.24, 2.45) is 0 Å². The van der Waals surface area contributed by atoms with E-state index in [-0.39, 0.29) is 24.7 Å². The maximum atomic E-state index is 12.1. The molecule has 0 radical (unpaired) electrons. The minimum atomic E-state index is -0.613. The lowest BCUT2D eigenvalue weighted by Crippen LogP contribution is -2.22. The Hall–Kier alpha value is -3.66. The molecule has 2 rings (SSSR count). The highest BCUT2D eigenvalue weighted by Gasteiger charge is 2.12. The molecular weight excluding hydrogens is 380 g/mol. The predicted octanol–water partition coefficient (Wildman–Crippen LogP) is 3.15. The highest BCUT2D eigenvalue weighted by molar-refractivity contribution is 5.94. The van der Waals surface area contributed by atoms with Crippen LogP contribution in [0.25, 0.3) is 0 Å². The molecule has 0 atom stereocenters. The Morgan fingerprint density at radius 3 is 2.48 bits per heavy atom. The normalized spacial score (nSPS) is 10.1. The molecule has 2 amide bonds. The van der Waals surface area contributed by atoms with E-state index < -0.39 is 11.0 Å². The second kappa shape index (κ2) is 10.6. The summed E-state index contributed by atoms with van der Waals surface area (Å²) in [5, 5.41) is 19.1. The standard InChI is InChI=1S/C19H22N4O6/c1-13-6-7-16(11-17(13)23(26)27)21-18(24)12-20-14-4-3-5-15(10-14)22-19(25)29-9-8-28-2/h3-7,10-11,20H,8-9,12H2,1-2H3,(H,21,24)(H,22,25). The Balaban J connectivity index is 1.88. The number of amides is 2. The third kappa shape index (κ3) is 7.11. The van der Waals surface area contributed by atoms with Gasteiger partial charge in [-0.1, -0.05) is 12.1 Å². The topological polar surface area (TPSA) is 132 Å². The smallest absolute Gasteiger partial charge is 0.411 e. The van der Waals surface area contributed by atoms with Crippen LogP contribution in [0.4, 0.5) is 27.5 Å². The van der Waals surface area contributed by atoms with Crippen LogP contribution in [0.5, 0.6) is 0 Å². The molecule has 0 fully saturated rings. The molecule has 10 nitrogen and oxygen atoms in total. The average Bonchev–Trinajstić information content (AvgIpc) is 2.68. The van der Waals surface area contributed by atoms with Crippen molar-refractivity contribution in [2.45, 2.75) is 6.92 Å². The number of carbonyl (C=O) groups excluding carboxylic acids is 2. The summed E-state index contributed by atoms with van der Waals surface area (Å²) in [7, 11) is 1.51. The molecule has 0 aromatic heterocycles. The Kier molecular flexibility index (Phi) is 7.92. The van der Waals surface area contributed by atoms with E-state index in [2.05, 4.69) is 16.0 Å². The molecule has 10 heteroatoms. The van der Waals surface area contributed by atoms with Gasteiger partial charge in [-0.2, -0.15) is 0 Å². The van der Waals surface area contributed by atoms with E-state index >= 15 is 0 Å². The highest BCUT2D eigenvalue weighted by atomic mass is 16.6. The van der Waals surface area contributed by atoms with Gasteiger partial charge in [0.05, 0.1) is 18.1 Å². The van der Waals surface area contributed by atoms with Crippen LogP contribution in [-0.2, 0) is 14.3 Å². The zero-order chi connectivity index (χ0) is 21.2. The zero-order valence-corrected chi connectivity index (χ0v) is 16.1. The van der Waals surface area contributed by atoms with Crippen molar-refractivity contribution >= 4 is 34.7 Å². The number of rotatable bonds is 9. The number of nitrogens with zero attached hydrogens (tertiary/aromatic N) is 1. The third-order valence-corrected chi connectivity index (χ3v) is 3.77. The monoisotopic (exact) mass is 402 g/mol. The largest absolute Gasteiger partial charge is 0.447 e. The first-order chi connectivity index (χ1) is 13.9. The molecule has 2 aromatic rings. The number of hydrogen-bond donors (Lipinski definition) is 3. The van der Waals surface area contributed by atoms with E-state index in [4.69, 9.17) is 9.47 Å². The average molecular weight is 402 g/mol. The summed E-state index contributed by atoms with van der Waals surface area (Å²) in [5.41, 5.74) is 1.88. The molecule has 0 spiro atoms. The van der Waals surface area contributed by atoms with Gasteiger partial charge >= 0.3 is 6.09 Å². The zero-order valence-electron chi connectivity index (χ0n) is 16.1. The van der Waals surface area contributed by atoms with Gasteiger partial charge in [0.1, 0.15) is 6.61 Å². The Morgan fingerprint density at radius 1 is 1.03 bits per heavy atom. The van der Waals surface area contributed by atoms with Crippen LogP contribution < -0.4 is 16.0 Å². The minimum Gasteiger partial charge on any atom is -0.447 e. The summed E-state index contributed by atoms with van der Waals surface area (Å²) in [5.74, 6) is -0.375. The van der Waals surface area contributed by atoms with Crippen molar-refractivity contribution in [1.82, 2.24) is 0 Å². The molecule has 0 aliphatic rings. The SMILES string of the molecule is COCCOC(=O)Nc1cccc(NCC(=O)Nc2ccc(C)c([N+](=O)[O-])c2)c1. The second-order valence-corrected chi connectivity index (χ2v) is 5.99. The van der Waals surface area contributed by atoms with Crippen molar-refractivity contribution in [2.75, 3.05) is 42.8 Å². The van der Waals surface area contributed by atoms with Crippen molar-refractivity contribution in [1.29, 1.82) is 0 Å². The molecular formula is C19H22N4O6. The van der Waals surface area contributed by atoms with E-state index in [0.29, 0.717) is 29.2 Å². The van der Waals surface area contributed by atoms with Gasteiger partial charge in [-0.3, -0.25) is 20.2 Å². The maximum Gasteiger partial charge on any atom is 0.411 e. The molecule has 0 unspecified atom stereocenters. The highest BCUT2D eigenvalue weighted by Crippen LogP contribution is 2.22. The number of ether oxygens (including phenoxy) is 2. The van der Waals surface area contributed by atoms with Gasteiger partial charge in [-0.25, -0.2) is 4.79 Å². The van der Waals surface area contributed by atoms with Crippen LogP contribution in [0.1, 0.15) is 5.56 Å². The van der Waals surface area contributed by atoms with Gasteiger partial charge in [0.25, 0.3) is 5.69 Å². The van der Waals surface area contributed by atoms with Crippen LogP contribution in [0.3, 0.4) is 0 Å². The first-order valence-corrected chi connectivity index (χ1v) is 8.70. The molecule has 154 valence electrons. The molecule has 0 aliphatic carbocycles. The van der Waals surface area contributed by atoms with Crippen molar-refractivity contribution in [3.63, 3.8) is 0 Å². The van der Waals surface area contributed by atoms with Gasteiger partial charge in [0.2, 0.25) is 5.91 Å². The van der Waals surface area contributed by atoms with Gasteiger partial charge in [0, 0.05) is 35.8 Å². The molecule has 0 bridgehead atoms. The van der Waals surface area contributed by atoms with Crippen molar-refractivity contribution in [3.05, 3.63) is 58.1 Å². The number of hydrogen-bond acceptors (Lipinski definition) is 7. The summed E-state index contributed by atoms with van der Waals surface area (Å²) in [6, 6.07) is 11.2. The lowest BCUT2D eigenvalue weighted by molar-refractivity contribution is -0.385. The van der Waals surface area contributed by atoms with E-state index in [0.717, 1.165) is 0 Å². The third-order valence-electron chi connectivity index (χ3n) is 3.77. The summed E-state index contributed by atoms with van der Waals surface area (Å²) in [6.45, 7) is 2.00. The first-order valence-electron chi connectivity index (χ1n) is 8.70. The summed E-state index contributed by atoms with van der Waals surface area (Å²) in [4.78, 5) is 34.3. The van der Waals surface area contributed by atoms with Gasteiger partial charge in [-0.15, -0.1) is 0 Å². The summed E-state index contributed by atoms with van der Waals surface area (Å²) in [6.07, 6.45) is -0.613. The number of methoxy groups -OCH3 is 1. The number of nitrogens with one attached hydrogen (secondary N) is 3. The Bertz CT molecular complexity index is 887. The molecule has 0 saturated carbocycles. The number of nitro benzene ring substituents is 1. The van der Waals surface area contributed by atoms with Crippen LogP contribution >= 0.6 is 0 Å². The number of nitro groups is 1. The summed E-state index contributed by atoms with van der Waals surface area (Å²) < 4.78 is 9.71. The predicted molar refractivity (Wildman–Crippen MR) is 108 cm³/mol. The lowest BCUT2D eigenvalue weighted by atomic mass is 10.2. The number of benzene rings is 2. The lowest BCUT2D eigenvalue weighted by Gasteiger charge is -2.10. The quantitative estimate of drug-likeness (QED) is 0.333. The van der Waals surface area contributed by atoms with Crippen LogP contribution in [0.2, 0.25) is 0 Å². The van der Waals surface area contributed by atoms with Crippen molar-refractivity contribution in [3.8, 4) is 0 Å². The van der Waals surface area contributed by atoms with Crippen LogP contribution in [0.15, 0.2) is 42.5 Å². The van der Waals surface area contributed by atoms with Gasteiger partial charge < -0.3 is 20.1 Å². The molecule has 0 saturated heterocycles. The molecule has 3 N–H and O–H groups in total. The number of anilines is 3. The van der Waals surface area contributed by atoms with Gasteiger partial charge in [0.15, 0.2) is 0 Å². The first kappa shape index (κ1) is 21.6. The van der Waals surface area contributed by atoms with Gasteiger partial charge in [-0.05, 0) is 31.2 Å². The van der Waals surface area contributed by atoms with E-state index in [9.17, 15) is 19.7 Å². The van der Waals surface area contributed by atoms with Crippen molar-refractivity contribution < 1.29 is 24.0 Å². The van der Waals surface area contributed by atoms with E-state index in [1.165, 1.54) is 13.2 Å². The molecule has 29 heavy (non-hydrogen) atoms. The minimum absolute atomic E-state index is 0.0630. The molecule has 0 aliphatic heterocycles. The molecule has 2 aromatic carbocycles. The fraction of sp³-hybridized carbons (Fsp3) is 0.263. The fourth-order valence-corrected chi connectivity index (χ4v) is 2.35. The maximum absolute atomic E-state index is 12.1. The molecule has 0 heterocycles. The van der Waals surface area contributed by atoms with Crippen LogP contribution in [-0.4, -0.2) is 43.8 Å². The van der Waals surface area contributed by atoms with Crippen LogP contribution in [0, 0.1) is 17.0 Å². The number of carbonyl (C=O) groups is 2. The Morgan fingerprint density at radius 2 is 1.76 bits per heavy atom. The Labute approximate surface area is 167 Å². The van der Waals surface area contributed by atoms with E-state index in [1.54, 1.807) is 43.3 Å². The second-order valence-electron chi connectivity index (χ2n) is 5.99. The summed E-state index contributed by atoms with van der Waals surface area (Å²) >= 11 is 0. The fourth-order valence-electron chi connectivity index (χ4n) is 2.35.